The van der Waals surface area contributed by atoms with Crippen molar-refractivity contribution in [2.45, 2.75) is 39.5 Å². The van der Waals surface area contributed by atoms with Crippen LogP contribution < -0.4 is 5.73 Å². The second-order valence-corrected chi connectivity index (χ2v) is 6.73. The summed E-state index contributed by atoms with van der Waals surface area (Å²) in [6.07, 6.45) is 2.14. The molecule has 16 heavy (non-hydrogen) atoms. The molecule has 0 fully saturated rings. The normalized spacial score (nSPS) is 13.7. The fourth-order valence-electron chi connectivity index (χ4n) is 1.28. The minimum atomic E-state index is -2.92. The Labute approximate surface area is 98.5 Å². The summed E-state index contributed by atoms with van der Waals surface area (Å²) in [7, 11) is -2.92. The van der Waals surface area contributed by atoms with Crippen molar-refractivity contribution in [3.8, 4) is 0 Å². The number of carbonyl (C=O) groups excluding carboxylic acids is 1. The van der Waals surface area contributed by atoms with Crippen LogP contribution in [0.2, 0.25) is 0 Å². The molecule has 1 atom stereocenters. The molecule has 0 radical (unpaired) electrons. The molecule has 0 aromatic carbocycles. The lowest BCUT2D eigenvalue weighted by atomic mass is 10.0. The van der Waals surface area contributed by atoms with Crippen molar-refractivity contribution in [3.05, 3.63) is 0 Å². The number of ketones is 1. The molecule has 4 nitrogen and oxygen atoms in total. The van der Waals surface area contributed by atoms with Crippen molar-refractivity contribution in [2.75, 3.05) is 18.1 Å². The Kier molecular flexibility index (Phi) is 7.58. The quantitative estimate of drug-likeness (QED) is 0.665. The van der Waals surface area contributed by atoms with Gasteiger partial charge in [-0.15, -0.1) is 0 Å². The number of sulfone groups is 1. The molecule has 0 aliphatic carbocycles. The first-order valence-electron chi connectivity index (χ1n) is 5.83. The number of hydrogen-bond donors (Lipinski definition) is 1. The molecule has 0 spiro atoms. The highest BCUT2D eigenvalue weighted by Crippen LogP contribution is 2.07. The summed E-state index contributed by atoms with van der Waals surface area (Å²) in [5.74, 6) is 0.794. The number of rotatable bonds is 9. The minimum Gasteiger partial charge on any atom is -0.330 e. The molecule has 0 amide bonds. The van der Waals surface area contributed by atoms with E-state index in [-0.39, 0.29) is 17.3 Å². The second-order valence-electron chi connectivity index (χ2n) is 4.26. The van der Waals surface area contributed by atoms with Crippen molar-refractivity contribution in [1.29, 1.82) is 0 Å². The van der Waals surface area contributed by atoms with E-state index in [0.717, 1.165) is 6.42 Å². The summed E-state index contributed by atoms with van der Waals surface area (Å²) in [4.78, 5) is 11.4. The molecule has 0 aliphatic heterocycles. The summed E-state index contributed by atoms with van der Waals surface area (Å²) >= 11 is 0. The van der Waals surface area contributed by atoms with E-state index in [1.54, 1.807) is 6.92 Å². The smallest absolute Gasteiger partial charge is 0.150 e. The fraction of sp³-hybridized carbons (Fsp3) is 0.909. The van der Waals surface area contributed by atoms with Crippen LogP contribution >= 0.6 is 0 Å². The summed E-state index contributed by atoms with van der Waals surface area (Å²) in [6, 6.07) is 0. The summed E-state index contributed by atoms with van der Waals surface area (Å²) in [6.45, 7) is 4.23. The topological polar surface area (TPSA) is 77.2 Å². The molecule has 0 heterocycles. The molecular weight excluding hydrogens is 226 g/mol. The first-order chi connectivity index (χ1) is 7.41. The predicted octanol–water partition coefficient (Wildman–Crippen LogP) is 1.15. The van der Waals surface area contributed by atoms with Gasteiger partial charge in [0.2, 0.25) is 0 Å². The molecule has 0 saturated carbocycles. The van der Waals surface area contributed by atoms with Gasteiger partial charge in [0.15, 0.2) is 0 Å². The van der Waals surface area contributed by atoms with Crippen LogP contribution in [0.15, 0.2) is 0 Å². The summed E-state index contributed by atoms with van der Waals surface area (Å²) in [5, 5.41) is 0. The van der Waals surface area contributed by atoms with Gasteiger partial charge in [-0.05, 0) is 25.3 Å². The standard InChI is InChI=1S/C11H23NO3S/c1-3-16(14,15)8-4-5-11(13)7-6-10(2)9-12/h10H,3-9,12H2,1-2H3. The first-order valence-corrected chi connectivity index (χ1v) is 7.65. The SMILES string of the molecule is CCS(=O)(=O)CCCC(=O)CCC(C)CN. The van der Waals surface area contributed by atoms with Crippen LogP contribution in [-0.4, -0.2) is 32.3 Å². The van der Waals surface area contributed by atoms with Gasteiger partial charge in [0.25, 0.3) is 0 Å². The summed E-state index contributed by atoms with van der Waals surface area (Å²) < 4.78 is 22.3. The van der Waals surface area contributed by atoms with E-state index in [9.17, 15) is 13.2 Å². The van der Waals surface area contributed by atoms with Crippen LogP contribution in [0.1, 0.15) is 39.5 Å². The van der Waals surface area contributed by atoms with E-state index < -0.39 is 9.84 Å². The van der Waals surface area contributed by atoms with Gasteiger partial charge in [0.1, 0.15) is 15.6 Å². The maximum absolute atomic E-state index is 11.4. The van der Waals surface area contributed by atoms with Crippen LogP contribution in [0.5, 0.6) is 0 Å². The van der Waals surface area contributed by atoms with Gasteiger partial charge in [-0.25, -0.2) is 8.42 Å². The molecule has 0 saturated heterocycles. The average Bonchev–Trinajstić information content (AvgIpc) is 2.25. The first kappa shape index (κ1) is 15.6. The Balaban J connectivity index is 3.67. The van der Waals surface area contributed by atoms with Crippen LogP contribution in [0.3, 0.4) is 0 Å². The van der Waals surface area contributed by atoms with E-state index in [4.69, 9.17) is 5.73 Å². The Hall–Kier alpha value is -0.420. The average molecular weight is 249 g/mol. The highest BCUT2D eigenvalue weighted by Gasteiger charge is 2.10. The molecule has 0 rings (SSSR count). The predicted molar refractivity (Wildman–Crippen MR) is 66.0 cm³/mol. The zero-order chi connectivity index (χ0) is 12.6. The Morgan fingerprint density at radius 3 is 2.44 bits per heavy atom. The van der Waals surface area contributed by atoms with Gasteiger partial charge in [-0.2, -0.15) is 0 Å². The zero-order valence-electron chi connectivity index (χ0n) is 10.2. The van der Waals surface area contributed by atoms with E-state index in [2.05, 4.69) is 0 Å². The van der Waals surface area contributed by atoms with Crippen LogP contribution in [0.25, 0.3) is 0 Å². The molecular formula is C11H23NO3S. The highest BCUT2D eigenvalue weighted by molar-refractivity contribution is 7.91. The Bertz CT molecular complexity index is 298. The third-order valence-electron chi connectivity index (χ3n) is 2.67. The van der Waals surface area contributed by atoms with Crippen molar-refractivity contribution < 1.29 is 13.2 Å². The third-order valence-corrected chi connectivity index (χ3v) is 4.46. The number of hydrogen-bond acceptors (Lipinski definition) is 4. The molecule has 1 unspecified atom stereocenters. The minimum absolute atomic E-state index is 0.127. The highest BCUT2D eigenvalue weighted by atomic mass is 32.2. The van der Waals surface area contributed by atoms with Gasteiger partial charge >= 0.3 is 0 Å². The van der Waals surface area contributed by atoms with Crippen LogP contribution in [0, 0.1) is 5.92 Å². The van der Waals surface area contributed by atoms with Crippen LogP contribution in [0.4, 0.5) is 0 Å². The van der Waals surface area contributed by atoms with Crippen LogP contribution in [-0.2, 0) is 14.6 Å². The molecule has 0 aromatic rings. The molecule has 0 aromatic heterocycles. The number of Topliss-reactive ketones (excluding diaryl/α,β-unsaturated/α-hetero) is 1. The van der Waals surface area contributed by atoms with Gasteiger partial charge < -0.3 is 5.73 Å². The van der Waals surface area contributed by atoms with E-state index in [1.165, 1.54) is 0 Å². The lowest BCUT2D eigenvalue weighted by molar-refractivity contribution is -0.119. The molecule has 2 N–H and O–H groups in total. The van der Waals surface area contributed by atoms with E-state index in [1.807, 2.05) is 6.92 Å². The molecule has 5 heteroatoms. The van der Waals surface area contributed by atoms with Gasteiger partial charge in [-0.3, -0.25) is 4.79 Å². The van der Waals surface area contributed by atoms with Gasteiger partial charge in [-0.1, -0.05) is 13.8 Å². The third kappa shape index (κ3) is 7.82. The van der Waals surface area contributed by atoms with E-state index >= 15 is 0 Å². The lowest BCUT2D eigenvalue weighted by Crippen LogP contribution is -2.13. The van der Waals surface area contributed by atoms with Crippen molar-refractivity contribution in [3.63, 3.8) is 0 Å². The maximum Gasteiger partial charge on any atom is 0.150 e. The van der Waals surface area contributed by atoms with E-state index in [0.29, 0.717) is 31.7 Å². The second kappa shape index (κ2) is 7.79. The molecule has 0 aliphatic rings. The Morgan fingerprint density at radius 2 is 1.94 bits per heavy atom. The lowest BCUT2D eigenvalue weighted by Gasteiger charge is -2.06. The Morgan fingerprint density at radius 1 is 1.31 bits per heavy atom. The summed E-state index contributed by atoms with van der Waals surface area (Å²) in [5.41, 5.74) is 5.44. The number of nitrogens with two attached hydrogens (primary N) is 1. The van der Waals surface area contributed by atoms with Crippen molar-refractivity contribution in [1.82, 2.24) is 0 Å². The van der Waals surface area contributed by atoms with Gasteiger partial charge in [0, 0.05) is 18.6 Å². The zero-order valence-corrected chi connectivity index (χ0v) is 11.1. The molecule has 0 bridgehead atoms. The monoisotopic (exact) mass is 249 g/mol. The number of carbonyl (C=O) groups is 1. The van der Waals surface area contributed by atoms with Crippen molar-refractivity contribution in [2.24, 2.45) is 11.7 Å². The van der Waals surface area contributed by atoms with Gasteiger partial charge in [0.05, 0.1) is 5.75 Å². The van der Waals surface area contributed by atoms with Crippen molar-refractivity contribution >= 4 is 15.6 Å². The largest absolute Gasteiger partial charge is 0.330 e. The molecule has 96 valence electrons. The fourth-order valence-corrected chi connectivity index (χ4v) is 2.16. The maximum atomic E-state index is 11.4.